The molecule has 2 heterocycles. The number of nitrogens with one attached hydrogen (secondary N) is 2. The molecule has 0 atom stereocenters. The van der Waals surface area contributed by atoms with Gasteiger partial charge in [0.1, 0.15) is 0 Å². The maximum Gasteiger partial charge on any atom is 0.236 e. The zero-order valence-electron chi connectivity index (χ0n) is 8.68. The fourth-order valence-electron chi connectivity index (χ4n) is 1.49. The van der Waals surface area contributed by atoms with Gasteiger partial charge in [0.25, 0.3) is 0 Å². The van der Waals surface area contributed by atoms with E-state index >= 15 is 0 Å². The first-order chi connectivity index (χ1) is 7.84. The van der Waals surface area contributed by atoms with Crippen molar-refractivity contribution < 1.29 is 4.79 Å². The van der Waals surface area contributed by atoms with Crippen molar-refractivity contribution in [2.24, 2.45) is 0 Å². The number of hydrogen-bond donors (Lipinski definition) is 2. The minimum Gasteiger partial charge on any atom is -0.317 e. The highest BCUT2D eigenvalue weighted by Crippen LogP contribution is 2.20. The lowest BCUT2D eigenvalue weighted by atomic mass is 10.2. The molecule has 6 nitrogen and oxygen atoms in total. The number of carbonyl (C=O) groups excluding carboxylic acids is 1. The van der Waals surface area contributed by atoms with Gasteiger partial charge in [-0.2, -0.15) is 0 Å². The summed E-state index contributed by atoms with van der Waals surface area (Å²) in [5.41, 5.74) is 0. The van der Waals surface area contributed by atoms with Gasteiger partial charge < -0.3 is 5.32 Å². The molecular weight excluding hydrogens is 246 g/mol. The van der Waals surface area contributed by atoms with Gasteiger partial charge in [0, 0.05) is 16.8 Å². The maximum atomic E-state index is 11.5. The number of nitrogens with zero attached hydrogens (tertiary/aromatic N) is 3. The second-order valence-electron chi connectivity index (χ2n) is 3.48. The molecule has 1 fully saturated rings. The summed E-state index contributed by atoms with van der Waals surface area (Å²) in [5.74, 6) is 0.451. The molecule has 2 rings (SSSR count). The fraction of sp³-hybridized carbons (Fsp3) is 0.750. The van der Waals surface area contributed by atoms with Crippen LogP contribution < -0.4 is 10.6 Å². The lowest BCUT2D eigenvalue weighted by molar-refractivity contribution is -0.113. The third kappa shape index (κ3) is 3.69. The van der Waals surface area contributed by atoms with E-state index in [1.807, 2.05) is 0 Å². The second kappa shape index (κ2) is 6.12. The summed E-state index contributed by atoms with van der Waals surface area (Å²) in [4.78, 5) is 11.5. The van der Waals surface area contributed by atoms with Gasteiger partial charge in [0.05, 0.1) is 5.75 Å². The lowest BCUT2D eigenvalue weighted by Gasteiger charge is -2.21. The van der Waals surface area contributed by atoms with Crippen LogP contribution in [0.4, 0.5) is 5.13 Å². The van der Waals surface area contributed by atoms with Gasteiger partial charge in [-0.05, 0) is 31.1 Å². The molecule has 1 aliphatic rings. The zero-order chi connectivity index (χ0) is 11.2. The molecule has 0 saturated carbocycles. The topological polar surface area (TPSA) is 79.8 Å². The van der Waals surface area contributed by atoms with Crippen LogP contribution in [0.15, 0.2) is 0 Å². The monoisotopic (exact) mass is 259 g/mol. The third-order valence-electron chi connectivity index (χ3n) is 2.28. The number of anilines is 1. The molecule has 0 aliphatic carbocycles. The quantitative estimate of drug-likeness (QED) is 0.812. The van der Waals surface area contributed by atoms with Crippen LogP contribution in [0, 0.1) is 0 Å². The highest BCUT2D eigenvalue weighted by molar-refractivity contribution is 8.00. The first-order valence-electron chi connectivity index (χ1n) is 5.12. The molecule has 1 aromatic heterocycles. The van der Waals surface area contributed by atoms with Crippen LogP contribution >= 0.6 is 23.3 Å². The van der Waals surface area contributed by atoms with E-state index in [9.17, 15) is 4.79 Å². The minimum absolute atomic E-state index is 0.0258. The molecule has 1 aromatic rings. The normalized spacial score (nSPS) is 17.2. The first kappa shape index (κ1) is 11.7. The van der Waals surface area contributed by atoms with Crippen molar-refractivity contribution in [2.45, 2.75) is 18.1 Å². The first-order valence-corrected chi connectivity index (χ1v) is 6.94. The van der Waals surface area contributed by atoms with E-state index in [1.165, 1.54) is 0 Å². The molecule has 1 saturated heterocycles. The summed E-state index contributed by atoms with van der Waals surface area (Å²) in [6, 6.07) is 0. The Balaban J connectivity index is 1.67. The van der Waals surface area contributed by atoms with Crippen LogP contribution in [-0.2, 0) is 4.79 Å². The number of piperidine rings is 1. The number of aromatic nitrogens is 3. The van der Waals surface area contributed by atoms with Gasteiger partial charge in [-0.15, -0.1) is 11.8 Å². The van der Waals surface area contributed by atoms with Gasteiger partial charge in [0.2, 0.25) is 11.0 Å². The SMILES string of the molecule is O=C(CSC1CCNCC1)Nc1nnns1. The van der Waals surface area contributed by atoms with Crippen molar-refractivity contribution in [3.63, 3.8) is 0 Å². The molecule has 0 spiro atoms. The predicted molar refractivity (Wildman–Crippen MR) is 64.7 cm³/mol. The Labute approximate surface area is 102 Å². The van der Waals surface area contributed by atoms with Crippen molar-refractivity contribution in [3.05, 3.63) is 0 Å². The van der Waals surface area contributed by atoms with Crippen LogP contribution in [0.5, 0.6) is 0 Å². The molecule has 1 amide bonds. The molecule has 0 aromatic carbocycles. The summed E-state index contributed by atoms with van der Waals surface area (Å²) >= 11 is 2.80. The van der Waals surface area contributed by atoms with E-state index in [-0.39, 0.29) is 5.91 Å². The molecule has 0 unspecified atom stereocenters. The van der Waals surface area contributed by atoms with E-state index in [2.05, 4.69) is 25.4 Å². The summed E-state index contributed by atoms with van der Waals surface area (Å²) in [6.45, 7) is 2.11. The van der Waals surface area contributed by atoms with Crippen molar-refractivity contribution >= 4 is 34.3 Å². The third-order valence-corrected chi connectivity index (χ3v) is 4.17. The Hall–Kier alpha value is -0.730. The van der Waals surface area contributed by atoms with E-state index < -0.39 is 0 Å². The fourth-order valence-corrected chi connectivity index (χ4v) is 2.90. The van der Waals surface area contributed by atoms with Crippen LogP contribution in [0.25, 0.3) is 0 Å². The Morgan fingerprint density at radius 1 is 1.56 bits per heavy atom. The highest BCUT2D eigenvalue weighted by Gasteiger charge is 2.15. The molecule has 8 heteroatoms. The molecule has 0 radical (unpaired) electrons. The summed E-state index contributed by atoms with van der Waals surface area (Å²) in [7, 11) is 0. The van der Waals surface area contributed by atoms with Crippen LogP contribution in [0.1, 0.15) is 12.8 Å². The van der Waals surface area contributed by atoms with Crippen LogP contribution in [0.2, 0.25) is 0 Å². The van der Waals surface area contributed by atoms with Crippen molar-refractivity contribution in [1.29, 1.82) is 0 Å². The van der Waals surface area contributed by atoms with Gasteiger partial charge in [-0.1, -0.05) is 9.59 Å². The molecule has 0 bridgehead atoms. The van der Waals surface area contributed by atoms with E-state index in [1.54, 1.807) is 11.8 Å². The van der Waals surface area contributed by atoms with Crippen molar-refractivity contribution in [3.8, 4) is 0 Å². The standard InChI is InChI=1S/C8H13N5OS2/c14-7(10-8-11-12-13-16-8)5-15-6-1-3-9-4-2-6/h6,9H,1-5H2,(H,10,11,13,14). The molecule has 2 N–H and O–H groups in total. The van der Waals surface area contributed by atoms with Gasteiger partial charge in [0.15, 0.2) is 0 Å². The summed E-state index contributed by atoms with van der Waals surface area (Å²) in [5, 5.41) is 14.1. The maximum absolute atomic E-state index is 11.5. The van der Waals surface area contributed by atoms with Crippen molar-refractivity contribution in [1.82, 2.24) is 20.1 Å². The molecule has 88 valence electrons. The number of amides is 1. The van der Waals surface area contributed by atoms with Gasteiger partial charge >= 0.3 is 0 Å². The highest BCUT2D eigenvalue weighted by atomic mass is 32.2. The van der Waals surface area contributed by atoms with Crippen LogP contribution in [-0.4, -0.2) is 44.8 Å². The zero-order valence-corrected chi connectivity index (χ0v) is 10.3. The predicted octanol–water partition coefficient (Wildman–Crippen LogP) is 0.357. The summed E-state index contributed by atoms with van der Waals surface area (Å²) < 4.78 is 3.58. The molecule has 1 aliphatic heterocycles. The van der Waals surface area contributed by atoms with Crippen molar-refractivity contribution in [2.75, 3.05) is 24.2 Å². The second-order valence-corrected chi connectivity index (χ2v) is 5.50. The number of rotatable bonds is 4. The Bertz CT molecular complexity index is 325. The van der Waals surface area contributed by atoms with E-state index in [4.69, 9.17) is 0 Å². The lowest BCUT2D eigenvalue weighted by Crippen LogP contribution is -2.30. The Morgan fingerprint density at radius 2 is 2.38 bits per heavy atom. The average Bonchev–Trinajstić information content (AvgIpc) is 2.81. The average molecular weight is 259 g/mol. The van der Waals surface area contributed by atoms with Gasteiger partial charge in [-0.3, -0.25) is 10.1 Å². The van der Waals surface area contributed by atoms with Crippen LogP contribution in [0.3, 0.4) is 0 Å². The summed E-state index contributed by atoms with van der Waals surface area (Å²) in [6.07, 6.45) is 2.27. The largest absolute Gasteiger partial charge is 0.317 e. The Kier molecular flexibility index (Phi) is 4.49. The number of carbonyl (C=O) groups is 1. The van der Waals surface area contributed by atoms with E-state index in [0.29, 0.717) is 16.1 Å². The van der Waals surface area contributed by atoms with Gasteiger partial charge in [-0.25, -0.2) is 0 Å². The van der Waals surface area contributed by atoms with E-state index in [0.717, 1.165) is 37.5 Å². The Morgan fingerprint density at radius 3 is 3.06 bits per heavy atom. The number of hydrogen-bond acceptors (Lipinski definition) is 7. The smallest absolute Gasteiger partial charge is 0.236 e. The minimum atomic E-state index is -0.0258. The molecule has 16 heavy (non-hydrogen) atoms. The number of thioether (sulfide) groups is 1. The molecular formula is C8H13N5OS2.